The van der Waals surface area contributed by atoms with E-state index < -0.39 is 8.07 Å². The van der Waals surface area contributed by atoms with Gasteiger partial charge in [-0.2, -0.15) is 0 Å². The zero-order valence-electron chi connectivity index (χ0n) is 14.7. The average molecular weight is 340 g/mol. The fourth-order valence-corrected chi connectivity index (χ4v) is 10.6. The van der Waals surface area contributed by atoms with E-state index in [4.69, 9.17) is 4.98 Å². The number of hydrogen-bond acceptors (Lipinski definition) is 1. The summed E-state index contributed by atoms with van der Waals surface area (Å²) in [6.07, 6.45) is 7.73. The van der Waals surface area contributed by atoms with Crippen LogP contribution in [0.1, 0.15) is 45.1 Å². The van der Waals surface area contributed by atoms with Gasteiger partial charge in [-0.05, 0) is 52.9 Å². The number of benzene rings is 1. The third-order valence-electron chi connectivity index (χ3n) is 6.38. The minimum absolute atomic E-state index is 0.189. The Morgan fingerprint density at radius 3 is 2.42 bits per heavy atom. The van der Waals surface area contributed by atoms with Crippen molar-refractivity contribution in [1.82, 2.24) is 4.98 Å². The molecule has 1 fully saturated rings. The molecule has 0 unspecified atom stereocenters. The van der Waals surface area contributed by atoms with E-state index in [1.807, 2.05) is 12.1 Å². The predicted molar refractivity (Wildman–Crippen MR) is 101 cm³/mol. The molecule has 3 heteroatoms. The molecule has 0 bridgehead atoms. The number of pyridine rings is 1. The van der Waals surface area contributed by atoms with Crippen molar-refractivity contribution >= 4 is 13.3 Å². The van der Waals surface area contributed by atoms with E-state index in [2.05, 4.69) is 26.1 Å². The van der Waals surface area contributed by atoms with Gasteiger partial charge in [0.1, 0.15) is 5.82 Å². The van der Waals surface area contributed by atoms with E-state index in [1.165, 1.54) is 61.5 Å². The van der Waals surface area contributed by atoms with Gasteiger partial charge in [-0.25, -0.2) is 4.39 Å². The first-order valence-electron chi connectivity index (χ1n) is 9.27. The Morgan fingerprint density at radius 1 is 1.00 bits per heavy atom. The van der Waals surface area contributed by atoms with Crippen molar-refractivity contribution < 1.29 is 4.39 Å². The van der Waals surface area contributed by atoms with Gasteiger partial charge in [0, 0.05) is 11.8 Å². The molecule has 0 amide bonds. The van der Waals surface area contributed by atoms with Gasteiger partial charge >= 0.3 is 0 Å². The highest BCUT2D eigenvalue weighted by molar-refractivity contribution is 6.92. The molecule has 4 rings (SSSR count). The molecule has 2 aromatic rings. The predicted octanol–water partition coefficient (Wildman–Crippen LogP) is 5.41. The summed E-state index contributed by atoms with van der Waals surface area (Å²) in [5, 5.41) is 1.63. The highest BCUT2D eigenvalue weighted by Gasteiger charge is 2.45. The van der Waals surface area contributed by atoms with Gasteiger partial charge in [0.2, 0.25) is 0 Å². The van der Waals surface area contributed by atoms with E-state index in [9.17, 15) is 4.39 Å². The molecule has 0 saturated carbocycles. The minimum atomic E-state index is -1.33. The normalized spacial score (nSPS) is 21.5. The molecular weight excluding hydrogens is 313 g/mol. The molecule has 1 nitrogen and oxygen atoms in total. The molecule has 0 atom stereocenters. The van der Waals surface area contributed by atoms with Gasteiger partial charge in [0.05, 0.1) is 13.8 Å². The molecule has 24 heavy (non-hydrogen) atoms. The van der Waals surface area contributed by atoms with Crippen molar-refractivity contribution in [3.63, 3.8) is 0 Å². The first-order chi connectivity index (χ1) is 11.5. The topological polar surface area (TPSA) is 12.9 Å². The smallest absolute Gasteiger partial charge is 0.123 e. The van der Waals surface area contributed by atoms with Crippen molar-refractivity contribution in [3.05, 3.63) is 47.9 Å². The van der Waals surface area contributed by atoms with E-state index in [0.717, 1.165) is 11.3 Å². The SMILES string of the molecule is CC1(C)CC[Si]2(CCCCC2)c2cnc(-c3ccc(F)cc3)cc21. The maximum atomic E-state index is 13.2. The second-order valence-electron chi connectivity index (χ2n) is 8.35. The zero-order chi connectivity index (χ0) is 16.8. The molecule has 1 aromatic heterocycles. The van der Waals surface area contributed by atoms with Crippen LogP contribution >= 0.6 is 0 Å². The maximum absolute atomic E-state index is 13.2. The lowest BCUT2D eigenvalue weighted by atomic mass is 9.81. The first-order valence-corrected chi connectivity index (χ1v) is 11.9. The summed E-state index contributed by atoms with van der Waals surface area (Å²) in [6, 6.07) is 13.4. The standard InChI is InChI=1S/C21H26FNSi/c1-21(2)10-13-24(11-4-3-5-12-24)20-15-23-19(14-18(20)21)16-6-8-17(22)9-7-16/h6-9,14-15H,3-5,10-13H2,1-2H3. The van der Waals surface area contributed by atoms with Crippen molar-refractivity contribution in [3.8, 4) is 11.3 Å². The number of rotatable bonds is 1. The van der Waals surface area contributed by atoms with Crippen molar-refractivity contribution in [1.29, 1.82) is 0 Å². The summed E-state index contributed by atoms with van der Waals surface area (Å²) in [6.45, 7) is 4.76. The summed E-state index contributed by atoms with van der Waals surface area (Å²) in [5.74, 6) is -0.189. The van der Waals surface area contributed by atoms with Gasteiger partial charge in [0.15, 0.2) is 0 Å². The van der Waals surface area contributed by atoms with Crippen LogP contribution in [0.3, 0.4) is 0 Å². The molecule has 2 aliphatic rings. The van der Waals surface area contributed by atoms with Crippen molar-refractivity contribution in [2.24, 2.45) is 0 Å². The highest BCUT2D eigenvalue weighted by atomic mass is 28.3. The van der Waals surface area contributed by atoms with Crippen LogP contribution in [0.25, 0.3) is 11.3 Å². The molecule has 1 saturated heterocycles. The third-order valence-corrected chi connectivity index (χ3v) is 11.8. The summed E-state index contributed by atoms with van der Waals surface area (Å²) in [7, 11) is -1.33. The fourth-order valence-electron chi connectivity index (χ4n) is 4.79. The third kappa shape index (κ3) is 2.63. The van der Waals surface area contributed by atoms with Crippen LogP contribution in [-0.2, 0) is 5.41 Å². The Labute approximate surface area is 145 Å². The molecule has 3 heterocycles. The summed E-state index contributed by atoms with van der Waals surface area (Å²) < 4.78 is 13.2. The van der Waals surface area contributed by atoms with Crippen LogP contribution in [0.2, 0.25) is 18.1 Å². The Hall–Kier alpha value is -1.48. The fraction of sp³-hybridized carbons (Fsp3) is 0.476. The number of fused-ring (bicyclic) bond motifs is 2. The zero-order valence-corrected chi connectivity index (χ0v) is 15.7. The quantitative estimate of drug-likeness (QED) is 0.633. The molecule has 2 aliphatic heterocycles. The number of hydrogen-bond donors (Lipinski definition) is 0. The Balaban J connectivity index is 1.82. The lowest BCUT2D eigenvalue weighted by molar-refractivity contribution is 0.493. The van der Waals surface area contributed by atoms with E-state index in [1.54, 1.807) is 5.19 Å². The van der Waals surface area contributed by atoms with Crippen LogP contribution in [0.15, 0.2) is 36.5 Å². The van der Waals surface area contributed by atoms with Gasteiger partial charge < -0.3 is 0 Å². The van der Waals surface area contributed by atoms with Gasteiger partial charge in [-0.3, -0.25) is 4.98 Å². The van der Waals surface area contributed by atoms with Gasteiger partial charge in [0.25, 0.3) is 0 Å². The van der Waals surface area contributed by atoms with Crippen molar-refractivity contribution in [2.45, 2.75) is 63.1 Å². The molecule has 0 aliphatic carbocycles. The van der Waals surface area contributed by atoms with E-state index >= 15 is 0 Å². The van der Waals surface area contributed by atoms with Crippen LogP contribution in [0.4, 0.5) is 4.39 Å². The van der Waals surface area contributed by atoms with Crippen LogP contribution < -0.4 is 5.19 Å². The van der Waals surface area contributed by atoms with Crippen molar-refractivity contribution in [2.75, 3.05) is 0 Å². The largest absolute Gasteiger partial charge is 0.256 e. The van der Waals surface area contributed by atoms with Crippen LogP contribution in [0, 0.1) is 5.82 Å². The van der Waals surface area contributed by atoms with E-state index in [0.29, 0.717) is 0 Å². The highest BCUT2D eigenvalue weighted by Crippen LogP contribution is 2.43. The summed E-state index contributed by atoms with van der Waals surface area (Å²) in [4.78, 5) is 4.82. The number of nitrogens with zero attached hydrogens (tertiary/aromatic N) is 1. The Morgan fingerprint density at radius 2 is 1.71 bits per heavy atom. The Bertz CT molecular complexity index is 745. The monoisotopic (exact) mass is 339 g/mol. The van der Waals surface area contributed by atoms with Gasteiger partial charge in [-0.1, -0.05) is 51.2 Å². The van der Waals surface area contributed by atoms with Gasteiger partial charge in [-0.15, -0.1) is 0 Å². The Kier molecular flexibility index (Phi) is 3.87. The minimum Gasteiger partial charge on any atom is -0.256 e. The lowest BCUT2D eigenvalue weighted by Crippen LogP contribution is -2.56. The molecule has 1 spiro atoms. The maximum Gasteiger partial charge on any atom is 0.123 e. The average Bonchev–Trinajstić information content (AvgIpc) is 2.60. The van der Waals surface area contributed by atoms with Crippen LogP contribution in [0.5, 0.6) is 0 Å². The lowest BCUT2D eigenvalue weighted by Gasteiger charge is -2.46. The number of aromatic nitrogens is 1. The molecule has 0 radical (unpaired) electrons. The first kappa shape index (κ1) is 16.0. The van der Waals surface area contributed by atoms with Crippen LogP contribution in [-0.4, -0.2) is 13.1 Å². The number of halogens is 1. The molecule has 0 N–H and O–H groups in total. The van der Waals surface area contributed by atoms with E-state index in [-0.39, 0.29) is 11.2 Å². The summed E-state index contributed by atoms with van der Waals surface area (Å²) >= 11 is 0. The summed E-state index contributed by atoms with van der Waals surface area (Å²) in [5.41, 5.74) is 3.75. The molecule has 1 aromatic carbocycles. The molecule has 126 valence electrons. The molecular formula is C21H26FNSi. The second kappa shape index (κ2) is 5.80. The second-order valence-corrected chi connectivity index (χ2v) is 12.9.